The molecule has 0 amide bonds. The second-order valence-corrected chi connectivity index (χ2v) is 5.49. The van der Waals surface area contributed by atoms with Crippen LogP contribution in [-0.4, -0.2) is 59.7 Å². The Hall–Kier alpha value is -2.39. The van der Waals surface area contributed by atoms with Crippen LogP contribution in [0, 0.1) is 0 Å². The topological polar surface area (TPSA) is 89.4 Å². The van der Waals surface area contributed by atoms with Crippen LogP contribution in [0.4, 0.5) is 11.6 Å². The van der Waals surface area contributed by atoms with E-state index in [0.717, 1.165) is 30.9 Å². The predicted octanol–water partition coefficient (Wildman–Crippen LogP) is 0.215. The van der Waals surface area contributed by atoms with E-state index in [0.29, 0.717) is 31.6 Å². The Morgan fingerprint density at radius 1 is 1.29 bits per heavy atom. The third kappa shape index (κ3) is 4.33. The zero-order valence-electron chi connectivity index (χ0n) is 14.0. The minimum Gasteiger partial charge on any atom is -0.463 e. The Balaban J connectivity index is 1.67. The molecule has 3 heterocycles. The van der Waals surface area contributed by atoms with Gasteiger partial charge in [-0.05, 0) is 5.56 Å². The highest BCUT2D eigenvalue weighted by Crippen LogP contribution is 2.20. The summed E-state index contributed by atoms with van der Waals surface area (Å²) in [5.41, 5.74) is 6.98. The van der Waals surface area contributed by atoms with Gasteiger partial charge in [-0.1, -0.05) is 0 Å². The van der Waals surface area contributed by atoms with Gasteiger partial charge < -0.3 is 19.8 Å². The number of aromatic nitrogens is 4. The van der Waals surface area contributed by atoms with Gasteiger partial charge in [0, 0.05) is 45.9 Å². The molecule has 3 rings (SSSR count). The molecule has 0 unspecified atom stereocenters. The first kappa shape index (κ1) is 16.5. The van der Waals surface area contributed by atoms with Gasteiger partial charge in [-0.15, -0.1) is 0 Å². The zero-order valence-corrected chi connectivity index (χ0v) is 14.0. The molecule has 0 aliphatic carbocycles. The molecular formula is C15H23N7O2. The van der Waals surface area contributed by atoms with E-state index in [1.165, 1.54) is 0 Å². The van der Waals surface area contributed by atoms with Crippen molar-refractivity contribution in [3.05, 3.63) is 24.0 Å². The molecule has 24 heavy (non-hydrogen) atoms. The van der Waals surface area contributed by atoms with Crippen molar-refractivity contribution < 1.29 is 9.47 Å². The molecule has 0 saturated carbocycles. The van der Waals surface area contributed by atoms with E-state index in [1.807, 2.05) is 25.5 Å². The van der Waals surface area contributed by atoms with Gasteiger partial charge in [0.05, 0.1) is 26.0 Å². The SMILES string of the molecule is CNNc1cc(N2CCOCC2)nc(OCCc2cnn(C)c2)n1. The third-order valence-electron chi connectivity index (χ3n) is 3.66. The number of hydrogen-bond donors (Lipinski definition) is 2. The fraction of sp³-hybridized carbons (Fsp3) is 0.533. The van der Waals surface area contributed by atoms with Gasteiger partial charge in [-0.2, -0.15) is 15.1 Å². The number of morpholine rings is 1. The molecular weight excluding hydrogens is 310 g/mol. The van der Waals surface area contributed by atoms with Gasteiger partial charge >= 0.3 is 6.01 Å². The molecule has 2 aromatic rings. The van der Waals surface area contributed by atoms with Crippen molar-refractivity contribution in [3.8, 4) is 6.01 Å². The lowest BCUT2D eigenvalue weighted by Crippen LogP contribution is -2.37. The summed E-state index contributed by atoms with van der Waals surface area (Å²) in [7, 11) is 3.69. The minimum atomic E-state index is 0.362. The number of hydrogen-bond acceptors (Lipinski definition) is 8. The first-order chi connectivity index (χ1) is 11.7. The van der Waals surface area contributed by atoms with Gasteiger partial charge in [0.25, 0.3) is 0 Å². The summed E-state index contributed by atoms with van der Waals surface area (Å²) < 4.78 is 12.9. The molecule has 0 bridgehead atoms. The van der Waals surface area contributed by atoms with E-state index < -0.39 is 0 Å². The molecule has 1 aliphatic heterocycles. The van der Waals surface area contributed by atoms with Crippen LogP contribution in [0.15, 0.2) is 18.5 Å². The van der Waals surface area contributed by atoms with E-state index in [4.69, 9.17) is 9.47 Å². The van der Waals surface area contributed by atoms with Crippen LogP contribution >= 0.6 is 0 Å². The molecule has 1 aliphatic rings. The average Bonchev–Trinajstić information content (AvgIpc) is 3.01. The highest BCUT2D eigenvalue weighted by Gasteiger charge is 2.15. The van der Waals surface area contributed by atoms with E-state index in [2.05, 4.69) is 30.8 Å². The quantitative estimate of drug-likeness (QED) is 0.696. The van der Waals surface area contributed by atoms with Gasteiger partial charge in [0.15, 0.2) is 0 Å². The smallest absolute Gasteiger partial charge is 0.320 e. The van der Waals surface area contributed by atoms with Gasteiger partial charge in [0.1, 0.15) is 11.6 Å². The summed E-state index contributed by atoms with van der Waals surface area (Å²) in [5, 5.41) is 4.15. The largest absolute Gasteiger partial charge is 0.463 e. The molecule has 0 radical (unpaired) electrons. The molecule has 9 nitrogen and oxygen atoms in total. The van der Waals surface area contributed by atoms with Crippen LogP contribution in [0.2, 0.25) is 0 Å². The van der Waals surface area contributed by atoms with Crippen LogP contribution in [0.25, 0.3) is 0 Å². The van der Waals surface area contributed by atoms with Crippen molar-refractivity contribution in [2.45, 2.75) is 6.42 Å². The predicted molar refractivity (Wildman–Crippen MR) is 90.2 cm³/mol. The van der Waals surface area contributed by atoms with Crippen molar-refractivity contribution in [3.63, 3.8) is 0 Å². The maximum atomic E-state index is 5.75. The lowest BCUT2D eigenvalue weighted by molar-refractivity contribution is 0.122. The number of nitrogens with one attached hydrogen (secondary N) is 2. The Kier molecular flexibility index (Phi) is 5.44. The standard InChI is InChI=1S/C15H23N7O2/c1-16-20-13-9-14(22-4-7-23-8-5-22)19-15(18-13)24-6-3-12-10-17-21(2)11-12/h9-11,16H,3-8H2,1-2H3,(H,18,19,20). The summed E-state index contributed by atoms with van der Waals surface area (Å²) in [6, 6.07) is 2.26. The zero-order chi connectivity index (χ0) is 16.8. The monoisotopic (exact) mass is 333 g/mol. The van der Waals surface area contributed by atoms with Crippen LogP contribution in [0.3, 0.4) is 0 Å². The number of ether oxygens (including phenoxy) is 2. The van der Waals surface area contributed by atoms with E-state index in [-0.39, 0.29) is 0 Å². The lowest BCUT2D eigenvalue weighted by Gasteiger charge is -2.28. The summed E-state index contributed by atoms with van der Waals surface area (Å²) in [4.78, 5) is 11.1. The molecule has 2 N–H and O–H groups in total. The Morgan fingerprint density at radius 2 is 2.12 bits per heavy atom. The number of aryl methyl sites for hydroxylation is 1. The van der Waals surface area contributed by atoms with Crippen LogP contribution in [0.1, 0.15) is 5.56 Å². The Bertz CT molecular complexity index is 655. The first-order valence-corrected chi connectivity index (χ1v) is 7.99. The van der Waals surface area contributed by atoms with Crippen LogP contribution in [-0.2, 0) is 18.2 Å². The highest BCUT2D eigenvalue weighted by molar-refractivity contribution is 5.50. The Morgan fingerprint density at radius 3 is 2.83 bits per heavy atom. The molecule has 2 aromatic heterocycles. The first-order valence-electron chi connectivity index (χ1n) is 7.99. The fourth-order valence-corrected chi connectivity index (χ4v) is 2.49. The molecule has 0 atom stereocenters. The van der Waals surface area contributed by atoms with Crippen molar-refractivity contribution in [1.29, 1.82) is 0 Å². The summed E-state index contributed by atoms with van der Waals surface area (Å²) in [6.07, 6.45) is 4.57. The molecule has 0 spiro atoms. The second-order valence-electron chi connectivity index (χ2n) is 5.49. The van der Waals surface area contributed by atoms with Gasteiger partial charge in [-0.3, -0.25) is 4.68 Å². The van der Waals surface area contributed by atoms with Crippen molar-refractivity contribution in [2.75, 3.05) is 50.3 Å². The second kappa shape index (κ2) is 7.93. The Labute approximate surface area is 141 Å². The molecule has 130 valence electrons. The van der Waals surface area contributed by atoms with Gasteiger partial charge in [-0.25, -0.2) is 5.43 Å². The maximum Gasteiger partial charge on any atom is 0.320 e. The van der Waals surface area contributed by atoms with Gasteiger partial charge in [0.2, 0.25) is 0 Å². The van der Waals surface area contributed by atoms with Crippen molar-refractivity contribution in [1.82, 2.24) is 25.2 Å². The summed E-state index contributed by atoms with van der Waals surface area (Å²) in [6.45, 7) is 3.53. The molecule has 1 fully saturated rings. The maximum absolute atomic E-state index is 5.75. The lowest BCUT2D eigenvalue weighted by atomic mass is 10.3. The summed E-state index contributed by atoms with van der Waals surface area (Å²) in [5.74, 6) is 1.51. The fourth-order valence-electron chi connectivity index (χ4n) is 2.49. The number of nitrogens with zero attached hydrogens (tertiary/aromatic N) is 5. The molecule has 9 heteroatoms. The normalized spacial score (nSPS) is 14.7. The number of anilines is 2. The van der Waals surface area contributed by atoms with Crippen molar-refractivity contribution in [2.24, 2.45) is 7.05 Å². The van der Waals surface area contributed by atoms with Crippen molar-refractivity contribution >= 4 is 11.6 Å². The molecule has 1 saturated heterocycles. The minimum absolute atomic E-state index is 0.362. The van der Waals surface area contributed by atoms with Crippen LogP contribution in [0.5, 0.6) is 6.01 Å². The summed E-state index contributed by atoms with van der Waals surface area (Å²) >= 11 is 0. The van der Waals surface area contributed by atoms with Crippen LogP contribution < -0.4 is 20.5 Å². The van der Waals surface area contributed by atoms with E-state index >= 15 is 0 Å². The number of rotatable bonds is 7. The average molecular weight is 333 g/mol. The van der Waals surface area contributed by atoms with E-state index in [9.17, 15) is 0 Å². The molecule has 0 aromatic carbocycles. The highest BCUT2D eigenvalue weighted by atomic mass is 16.5. The van der Waals surface area contributed by atoms with E-state index in [1.54, 1.807) is 11.7 Å². The number of hydrazine groups is 1. The third-order valence-corrected chi connectivity index (χ3v) is 3.66.